The molecular weight excluding hydrogens is 368 g/mol. The number of rotatable bonds is 8. The topological polar surface area (TPSA) is 67.9 Å². The highest BCUT2D eigenvalue weighted by atomic mass is 16.5. The lowest BCUT2D eigenvalue weighted by Gasteiger charge is -2.13. The molecule has 6 nitrogen and oxygen atoms in total. The first-order valence-corrected chi connectivity index (χ1v) is 9.82. The molecule has 0 aliphatic carbocycles. The smallest absolute Gasteiger partial charge is 0.278 e. The van der Waals surface area contributed by atoms with Crippen molar-refractivity contribution in [2.24, 2.45) is 0 Å². The fraction of sp³-hybridized carbons (Fsp3) is 0.304. The van der Waals surface area contributed by atoms with Gasteiger partial charge in [0.1, 0.15) is 17.2 Å². The van der Waals surface area contributed by atoms with Gasteiger partial charge < -0.3 is 14.8 Å². The molecule has 0 bridgehead atoms. The summed E-state index contributed by atoms with van der Waals surface area (Å²) in [4.78, 5) is 27.0. The Balaban J connectivity index is 1.94. The van der Waals surface area contributed by atoms with Gasteiger partial charge in [-0.25, -0.2) is 0 Å². The Hall–Kier alpha value is -3.28. The van der Waals surface area contributed by atoms with Crippen LogP contribution in [0.3, 0.4) is 0 Å². The average Bonchev–Trinajstić information content (AvgIpc) is 2.93. The lowest BCUT2D eigenvalue weighted by Crippen LogP contribution is -2.32. The van der Waals surface area contributed by atoms with E-state index in [1.54, 1.807) is 31.2 Å². The van der Waals surface area contributed by atoms with Crippen LogP contribution in [0.4, 0.5) is 5.69 Å². The predicted molar refractivity (Wildman–Crippen MR) is 113 cm³/mol. The number of likely N-dealkylation sites (N-methyl/N-ethyl adjacent to an activating group) is 1. The quantitative estimate of drug-likeness (QED) is 0.683. The van der Waals surface area contributed by atoms with Crippen LogP contribution in [-0.4, -0.2) is 36.0 Å². The number of hydrogen-bond donors (Lipinski definition) is 1. The van der Waals surface area contributed by atoms with E-state index in [-0.39, 0.29) is 23.6 Å². The fourth-order valence-electron chi connectivity index (χ4n) is 3.16. The molecule has 2 amide bonds. The lowest BCUT2D eigenvalue weighted by atomic mass is 10.0. The van der Waals surface area contributed by atoms with Gasteiger partial charge in [0, 0.05) is 12.2 Å². The third-order valence-electron chi connectivity index (χ3n) is 4.43. The molecule has 0 saturated carbocycles. The summed E-state index contributed by atoms with van der Waals surface area (Å²) in [5, 5.41) is 3.14. The number of imide groups is 1. The lowest BCUT2D eigenvalue weighted by molar-refractivity contribution is -0.136. The van der Waals surface area contributed by atoms with Gasteiger partial charge in [-0.1, -0.05) is 12.1 Å². The van der Waals surface area contributed by atoms with Crippen molar-refractivity contribution in [2.75, 3.05) is 18.5 Å². The zero-order valence-corrected chi connectivity index (χ0v) is 17.2. The Labute approximate surface area is 171 Å². The molecule has 1 heterocycles. The van der Waals surface area contributed by atoms with E-state index in [9.17, 15) is 9.59 Å². The summed E-state index contributed by atoms with van der Waals surface area (Å²) in [5.41, 5.74) is 2.02. The molecule has 29 heavy (non-hydrogen) atoms. The number of benzene rings is 2. The monoisotopic (exact) mass is 394 g/mol. The van der Waals surface area contributed by atoms with Crippen molar-refractivity contribution < 1.29 is 19.1 Å². The molecule has 0 spiro atoms. The van der Waals surface area contributed by atoms with E-state index in [2.05, 4.69) is 5.32 Å². The molecular formula is C23H26N2O4. The van der Waals surface area contributed by atoms with E-state index in [1.807, 2.05) is 45.0 Å². The summed E-state index contributed by atoms with van der Waals surface area (Å²) >= 11 is 0. The average molecular weight is 394 g/mol. The van der Waals surface area contributed by atoms with Crippen LogP contribution in [0.5, 0.6) is 11.5 Å². The Morgan fingerprint density at radius 3 is 2.07 bits per heavy atom. The van der Waals surface area contributed by atoms with E-state index in [1.165, 1.54) is 4.90 Å². The van der Waals surface area contributed by atoms with Crippen LogP contribution in [0.2, 0.25) is 0 Å². The maximum absolute atomic E-state index is 12.9. The van der Waals surface area contributed by atoms with Crippen LogP contribution < -0.4 is 14.8 Å². The van der Waals surface area contributed by atoms with Crippen molar-refractivity contribution in [2.45, 2.75) is 33.8 Å². The molecule has 0 fully saturated rings. The van der Waals surface area contributed by atoms with Crippen molar-refractivity contribution in [3.8, 4) is 11.5 Å². The first kappa shape index (κ1) is 20.5. The zero-order valence-electron chi connectivity index (χ0n) is 17.2. The molecule has 0 aromatic heterocycles. The van der Waals surface area contributed by atoms with Gasteiger partial charge in [-0.3, -0.25) is 14.5 Å². The summed E-state index contributed by atoms with van der Waals surface area (Å²) in [7, 11) is 0. The maximum atomic E-state index is 12.9. The van der Waals surface area contributed by atoms with Gasteiger partial charge in [0.05, 0.1) is 18.3 Å². The van der Waals surface area contributed by atoms with E-state index >= 15 is 0 Å². The van der Waals surface area contributed by atoms with E-state index in [0.29, 0.717) is 30.0 Å². The van der Waals surface area contributed by atoms with Crippen molar-refractivity contribution in [3.63, 3.8) is 0 Å². The molecule has 2 aromatic carbocycles. The van der Waals surface area contributed by atoms with Crippen LogP contribution in [0.15, 0.2) is 54.2 Å². The normalized spacial score (nSPS) is 14.0. The number of hydrogen-bond acceptors (Lipinski definition) is 5. The van der Waals surface area contributed by atoms with Gasteiger partial charge in [0.15, 0.2) is 0 Å². The summed E-state index contributed by atoms with van der Waals surface area (Å²) in [6.07, 6.45) is 0.0786. The Morgan fingerprint density at radius 1 is 0.897 bits per heavy atom. The molecule has 6 heteroatoms. The van der Waals surface area contributed by atoms with Gasteiger partial charge in [-0.15, -0.1) is 0 Å². The zero-order chi connectivity index (χ0) is 21.0. The molecule has 0 atom stereocenters. The minimum atomic E-state index is -0.330. The standard InChI is InChI=1S/C23H26N2O4/c1-5-25-22(26)20(16-7-11-18(12-8-16)28-6-2)21(23(25)27)24-17-9-13-19(14-10-17)29-15(3)4/h7-15,24H,5-6H2,1-4H3. The summed E-state index contributed by atoms with van der Waals surface area (Å²) in [5.74, 6) is 0.833. The number of carbonyl (C=O) groups is 2. The molecule has 2 aromatic rings. The highest BCUT2D eigenvalue weighted by Gasteiger charge is 2.38. The fourth-order valence-corrected chi connectivity index (χ4v) is 3.16. The highest BCUT2D eigenvalue weighted by molar-refractivity contribution is 6.36. The molecule has 0 saturated heterocycles. The predicted octanol–water partition coefficient (Wildman–Crippen LogP) is 4.08. The summed E-state index contributed by atoms with van der Waals surface area (Å²) in [6, 6.07) is 14.5. The van der Waals surface area contributed by atoms with E-state index < -0.39 is 0 Å². The molecule has 0 radical (unpaired) electrons. The second-order valence-electron chi connectivity index (χ2n) is 6.88. The van der Waals surface area contributed by atoms with Crippen LogP contribution in [0.1, 0.15) is 33.3 Å². The SMILES string of the molecule is CCOc1ccc(C2=C(Nc3ccc(OC(C)C)cc3)C(=O)N(CC)C2=O)cc1. The van der Waals surface area contributed by atoms with Gasteiger partial charge >= 0.3 is 0 Å². The number of amides is 2. The number of carbonyl (C=O) groups excluding carboxylic acids is 2. The van der Waals surface area contributed by atoms with Gasteiger partial charge in [0.25, 0.3) is 11.8 Å². The van der Waals surface area contributed by atoms with Crippen LogP contribution in [0, 0.1) is 0 Å². The molecule has 152 valence electrons. The summed E-state index contributed by atoms with van der Waals surface area (Å²) in [6.45, 7) is 8.49. The number of anilines is 1. The Kier molecular flexibility index (Phi) is 6.22. The molecule has 1 aliphatic heterocycles. The van der Waals surface area contributed by atoms with Gasteiger partial charge in [-0.2, -0.15) is 0 Å². The third kappa shape index (κ3) is 4.42. The summed E-state index contributed by atoms with van der Waals surface area (Å²) < 4.78 is 11.1. The second-order valence-corrected chi connectivity index (χ2v) is 6.88. The molecule has 1 N–H and O–H groups in total. The minimum Gasteiger partial charge on any atom is -0.494 e. The molecule has 3 rings (SSSR count). The molecule has 0 unspecified atom stereocenters. The minimum absolute atomic E-state index is 0.0786. The number of nitrogens with one attached hydrogen (secondary N) is 1. The Morgan fingerprint density at radius 2 is 1.52 bits per heavy atom. The van der Waals surface area contributed by atoms with E-state index in [4.69, 9.17) is 9.47 Å². The van der Waals surface area contributed by atoms with Crippen molar-refractivity contribution in [1.82, 2.24) is 4.90 Å². The highest BCUT2D eigenvalue weighted by Crippen LogP contribution is 2.31. The van der Waals surface area contributed by atoms with Crippen LogP contribution in [0.25, 0.3) is 5.57 Å². The van der Waals surface area contributed by atoms with Crippen LogP contribution in [-0.2, 0) is 9.59 Å². The second kappa shape index (κ2) is 8.82. The third-order valence-corrected chi connectivity index (χ3v) is 4.43. The van der Waals surface area contributed by atoms with Crippen LogP contribution >= 0.6 is 0 Å². The number of nitrogens with zero attached hydrogens (tertiary/aromatic N) is 1. The van der Waals surface area contributed by atoms with Gasteiger partial charge in [0.2, 0.25) is 0 Å². The first-order valence-electron chi connectivity index (χ1n) is 9.82. The van der Waals surface area contributed by atoms with Crippen molar-refractivity contribution in [1.29, 1.82) is 0 Å². The Bertz CT molecular complexity index is 915. The van der Waals surface area contributed by atoms with Crippen molar-refractivity contribution >= 4 is 23.1 Å². The van der Waals surface area contributed by atoms with E-state index in [0.717, 1.165) is 11.5 Å². The maximum Gasteiger partial charge on any atom is 0.278 e. The largest absolute Gasteiger partial charge is 0.494 e. The van der Waals surface area contributed by atoms with Crippen molar-refractivity contribution in [3.05, 3.63) is 59.8 Å². The number of ether oxygens (including phenoxy) is 2. The molecule has 1 aliphatic rings. The van der Waals surface area contributed by atoms with Gasteiger partial charge in [-0.05, 0) is 69.7 Å². The first-order chi connectivity index (χ1) is 13.9.